The predicted molar refractivity (Wildman–Crippen MR) is 46.8 cm³/mol. The molecule has 0 bridgehead atoms. The summed E-state index contributed by atoms with van der Waals surface area (Å²) in [6, 6.07) is 0. The average molecular weight is 220 g/mol. The van der Waals surface area contributed by atoms with Crippen LogP contribution in [0.4, 0.5) is 4.39 Å². The molecular weight excluding hydrogens is 207 g/mol. The number of carbonyl (C=O) groups excluding carboxylic acids is 2. The minimum Gasteiger partial charge on any atom is -0.456 e. The van der Waals surface area contributed by atoms with Gasteiger partial charge in [0.2, 0.25) is 0 Å². The first-order chi connectivity index (χ1) is 7.04. The number of hydrogen-bond acceptors (Lipinski definition) is 5. The van der Waals surface area contributed by atoms with Gasteiger partial charge in [-0.3, -0.25) is 9.59 Å². The van der Waals surface area contributed by atoms with Gasteiger partial charge in [-0.1, -0.05) is 0 Å². The van der Waals surface area contributed by atoms with Gasteiger partial charge in [0.25, 0.3) is 0 Å². The van der Waals surface area contributed by atoms with Crippen molar-refractivity contribution < 1.29 is 28.2 Å². The summed E-state index contributed by atoms with van der Waals surface area (Å²) < 4.78 is 27.1. The van der Waals surface area contributed by atoms with Crippen molar-refractivity contribution in [3.63, 3.8) is 0 Å². The Bertz CT molecular complexity index is 255. The van der Waals surface area contributed by atoms with Crippen molar-refractivity contribution in [2.45, 2.75) is 32.2 Å². The molecule has 0 radical (unpaired) electrons. The van der Waals surface area contributed by atoms with Crippen LogP contribution in [0.2, 0.25) is 0 Å². The zero-order chi connectivity index (χ0) is 11.4. The van der Waals surface area contributed by atoms with E-state index in [0.29, 0.717) is 0 Å². The standard InChI is InChI=1S/C9H13FO5/c1-5(11)14-8-4-13-7(3-10)9(8)15-6(2)12/h7-9H,3-4H2,1-2H3. The van der Waals surface area contributed by atoms with E-state index in [0.717, 1.165) is 0 Å². The fourth-order valence-electron chi connectivity index (χ4n) is 1.44. The number of halogens is 1. The Morgan fingerprint density at radius 1 is 1.33 bits per heavy atom. The lowest BCUT2D eigenvalue weighted by atomic mass is 10.1. The summed E-state index contributed by atoms with van der Waals surface area (Å²) in [6.45, 7) is 1.70. The van der Waals surface area contributed by atoms with Crippen LogP contribution in [0.15, 0.2) is 0 Å². The van der Waals surface area contributed by atoms with Crippen LogP contribution < -0.4 is 0 Å². The first-order valence-electron chi connectivity index (χ1n) is 4.56. The van der Waals surface area contributed by atoms with Crippen LogP contribution in [0.25, 0.3) is 0 Å². The Morgan fingerprint density at radius 2 is 1.93 bits per heavy atom. The van der Waals surface area contributed by atoms with E-state index in [-0.39, 0.29) is 6.61 Å². The largest absolute Gasteiger partial charge is 0.456 e. The summed E-state index contributed by atoms with van der Waals surface area (Å²) in [4.78, 5) is 21.5. The highest BCUT2D eigenvalue weighted by molar-refractivity contribution is 5.67. The lowest BCUT2D eigenvalue weighted by Crippen LogP contribution is -2.38. The molecule has 0 aromatic rings. The van der Waals surface area contributed by atoms with Gasteiger partial charge < -0.3 is 14.2 Å². The summed E-state index contributed by atoms with van der Waals surface area (Å²) in [7, 11) is 0. The van der Waals surface area contributed by atoms with Gasteiger partial charge in [0, 0.05) is 13.8 Å². The zero-order valence-electron chi connectivity index (χ0n) is 8.57. The zero-order valence-corrected chi connectivity index (χ0v) is 8.57. The molecule has 0 aromatic heterocycles. The van der Waals surface area contributed by atoms with Gasteiger partial charge in [-0.05, 0) is 0 Å². The summed E-state index contributed by atoms with van der Waals surface area (Å²) in [6.07, 6.45) is -2.42. The molecule has 0 aliphatic carbocycles. The third-order valence-corrected chi connectivity index (χ3v) is 1.98. The van der Waals surface area contributed by atoms with Gasteiger partial charge in [-0.15, -0.1) is 0 Å². The number of rotatable bonds is 3. The van der Waals surface area contributed by atoms with Crippen molar-refractivity contribution in [3.05, 3.63) is 0 Å². The van der Waals surface area contributed by atoms with E-state index in [1.807, 2.05) is 0 Å². The van der Waals surface area contributed by atoms with Crippen molar-refractivity contribution in [2.24, 2.45) is 0 Å². The van der Waals surface area contributed by atoms with Crippen LogP contribution in [0.1, 0.15) is 13.8 Å². The molecule has 1 aliphatic rings. The Balaban J connectivity index is 2.62. The van der Waals surface area contributed by atoms with Gasteiger partial charge in [0.15, 0.2) is 12.2 Å². The third-order valence-electron chi connectivity index (χ3n) is 1.98. The lowest BCUT2D eigenvalue weighted by molar-refractivity contribution is -0.163. The SMILES string of the molecule is CC(=O)OC1COC(CF)C1OC(C)=O. The summed E-state index contributed by atoms with van der Waals surface area (Å²) in [5.74, 6) is -1.07. The minimum atomic E-state index is -0.851. The number of carbonyl (C=O) groups is 2. The topological polar surface area (TPSA) is 61.8 Å². The number of ether oxygens (including phenoxy) is 3. The number of hydrogen-bond donors (Lipinski definition) is 0. The third kappa shape index (κ3) is 3.16. The second-order valence-electron chi connectivity index (χ2n) is 3.25. The van der Waals surface area contributed by atoms with Gasteiger partial charge >= 0.3 is 11.9 Å². The molecule has 15 heavy (non-hydrogen) atoms. The molecule has 0 aromatic carbocycles. The highest BCUT2D eigenvalue weighted by atomic mass is 19.1. The van der Waals surface area contributed by atoms with Crippen LogP contribution in [0.5, 0.6) is 0 Å². The van der Waals surface area contributed by atoms with Crippen LogP contribution >= 0.6 is 0 Å². The second kappa shape index (κ2) is 5.06. The first-order valence-corrected chi connectivity index (χ1v) is 4.56. The molecule has 3 unspecified atom stereocenters. The Labute approximate surface area is 86.5 Å². The molecule has 1 saturated heterocycles. The fourth-order valence-corrected chi connectivity index (χ4v) is 1.44. The minimum absolute atomic E-state index is 0.0477. The Morgan fingerprint density at radius 3 is 2.40 bits per heavy atom. The highest BCUT2D eigenvalue weighted by Crippen LogP contribution is 2.21. The van der Waals surface area contributed by atoms with Crippen molar-refractivity contribution in [3.8, 4) is 0 Å². The lowest BCUT2D eigenvalue weighted by Gasteiger charge is -2.20. The van der Waals surface area contributed by atoms with E-state index in [9.17, 15) is 14.0 Å². The van der Waals surface area contributed by atoms with E-state index >= 15 is 0 Å². The summed E-state index contributed by atoms with van der Waals surface area (Å²) in [5, 5.41) is 0. The van der Waals surface area contributed by atoms with Crippen LogP contribution in [0.3, 0.4) is 0 Å². The molecule has 1 aliphatic heterocycles. The molecule has 1 heterocycles. The first kappa shape index (κ1) is 11.9. The quantitative estimate of drug-likeness (QED) is 0.636. The molecule has 0 N–H and O–H groups in total. The molecule has 6 heteroatoms. The predicted octanol–water partition coefficient (Wildman–Crippen LogP) is 0.218. The van der Waals surface area contributed by atoms with Gasteiger partial charge in [-0.25, -0.2) is 4.39 Å². The molecule has 5 nitrogen and oxygen atoms in total. The monoisotopic (exact) mass is 220 g/mol. The van der Waals surface area contributed by atoms with E-state index in [2.05, 4.69) is 0 Å². The molecule has 0 amide bonds. The van der Waals surface area contributed by atoms with Gasteiger partial charge in [-0.2, -0.15) is 0 Å². The fraction of sp³-hybridized carbons (Fsp3) is 0.778. The highest BCUT2D eigenvalue weighted by Gasteiger charge is 2.42. The molecule has 86 valence electrons. The van der Waals surface area contributed by atoms with Gasteiger partial charge in [0.1, 0.15) is 12.8 Å². The van der Waals surface area contributed by atoms with Crippen molar-refractivity contribution >= 4 is 11.9 Å². The summed E-state index contributed by atoms with van der Waals surface area (Å²) >= 11 is 0. The van der Waals surface area contributed by atoms with Crippen molar-refractivity contribution in [2.75, 3.05) is 13.3 Å². The van der Waals surface area contributed by atoms with Crippen LogP contribution in [-0.4, -0.2) is 43.5 Å². The maximum absolute atomic E-state index is 12.5. The van der Waals surface area contributed by atoms with E-state index in [1.165, 1.54) is 13.8 Å². The van der Waals surface area contributed by atoms with Crippen LogP contribution in [-0.2, 0) is 23.8 Å². The Kier molecular flexibility index (Phi) is 4.02. The average Bonchev–Trinajstić information content (AvgIpc) is 2.47. The Hall–Kier alpha value is -1.17. The number of alkyl halides is 1. The maximum Gasteiger partial charge on any atom is 0.303 e. The smallest absolute Gasteiger partial charge is 0.303 e. The number of esters is 2. The van der Waals surface area contributed by atoms with E-state index in [1.54, 1.807) is 0 Å². The molecule has 0 saturated carbocycles. The van der Waals surface area contributed by atoms with E-state index < -0.39 is 36.9 Å². The second-order valence-corrected chi connectivity index (χ2v) is 3.25. The maximum atomic E-state index is 12.5. The molecule has 3 atom stereocenters. The van der Waals surface area contributed by atoms with Crippen molar-refractivity contribution in [1.82, 2.24) is 0 Å². The van der Waals surface area contributed by atoms with Crippen molar-refractivity contribution in [1.29, 1.82) is 0 Å². The summed E-state index contributed by atoms with van der Waals surface area (Å²) in [5.41, 5.74) is 0. The van der Waals surface area contributed by atoms with Gasteiger partial charge in [0.05, 0.1) is 6.61 Å². The molecule has 1 rings (SSSR count). The van der Waals surface area contributed by atoms with E-state index in [4.69, 9.17) is 14.2 Å². The molecule has 0 spiro atoms. The molecular formula is C9H13FO5. The molecule has 1 fully saturated rings. The normalized spacial score (nSPS) is 29.9. The van der Waals surface area contributed by atoms with Crippen LogP contribution in [0, 0.1) is 0 Å².